The summed E-state index contributed by atoms with van der Waals surface area (Å²) in [5.41, 5.74) is 1.67. The van der Waals surface area contributed by atoms with Crippen LogP contribution in [-0.4, -0.2) is 70.8 Å². The van der Waals surface area contributed by atoms with Crippen molar-refractivity contribution in [2.75, 3.05) is 19.6 Å². The molecule has 1 fully saturated rings. The molecular weight excluding hydrogens is 452 g/mol. The number of carbonyl (C=O) groups excluding carboxylic acids is 2. The van der Waals surface area contributed by atoms with Crippen molar-refractivity contribution < 1.29 is 34.1 Å². The number of nitrogens with one attached hydrogen (secondary N) is 1. The quantitative estimate of drug-likeness (QED) is 0.344. The van der Waals surface area contributed by atoms with Gasteiger partial charge in [0.15, 0.2) is 6.10 Å². The summed E-state index contributed by atoms with van der Waals surface area (Å²) in [4.78, 5) is 37.9. The summed E-state index contributed by atoms with van der Waals surface area (Å²) in [5.74, 6) is -2.07. The Kier molecular flexibility index (Phi) is 10.2. The van der Waals surface area contributed by atoms with E-state index in [-0.39, 0.29) is 26.2 Å². The molecule has 2 aromatic carbocycles. The standard InChI is InChI=1S/C26H32N2O7/c29-23(26(33)35-18-20-9-5-2-6-10-20)11-14-27-21(12-15-28-16-13-22(28)24(30)31)25(32)34-17-19-7-3-1-4-8-19/h1-10,21-23,27,29H,11-18H2,(H,30,31)/t21-,22-,23-/m0/s1. The molecule has 3 N–H and O–H groups in total. The number of aliphatic carboxylic acids is 1. The second-order valence-electron chi connectivity index (χ2n) is 8.47. The number of carboxylic acids is 1. The molecule has 1 saturated heterocycles. The molecule has 0 spiro atoms. The zero-order valence-electron chi connectivity index (χ0n) is 19.5. The molecule has 3 rings (SSSR count). The molecule has 0 aliphatic carbocycles. The minimum absolute atomic E-state index is 0.0531. The molecule has 1 heterocycles. The third-order valence-electron chi connectivity index (χ3n) is 5.93. The van der Waals surface area contributed by atoms with E-state index in [0.717, 1.165) is 11.1 Å². The molecule has 35 heavy (non-hydrogen) atoms. The van der Waals surface area contributed by atoms with Crippen LogP contribution in [0.2, 0.25) is 0 Å². The molecule has 0 saturated carbocycles. The van der Waals surface area contributed by atoms with Crippen molar-refractivity contribution in [1.82, 2.24) is 10.2 Å². The third-order valence-corrected chi connectivity index (χ3v) is 5.93. The molecule has 3 atom stereocenters. The molecule has 9 heteroatoms. The van der Waals surface area contributed by atoms with Gasteiger partial charge in [-0.05, 0) is 36.9 Å². The maximum atomic E-state index is 12.7. The average molecular weight is 485 g/mol. The SMILES string of the molecule is O=C(OCc1ccccc1)[C@H](CCN1CC[C@H]1C(=O)O)NCC[C@H](O)C(=O)OCc1ccccc1. The average Bonchev–Trinajstić information content (AvgIpc) is 2.85. The van der Waals surface area contributed by atoms with Crippen molar-refractivity contribution in [3.8, 4) is 0 Å². The summed E-state index contributed by atoms with van der Waals surface area (Å²) in [6.07, 6.45) is -0.355. The van der Waals surface area contributed by atoms with Crippen LogP contribution < -0.4 is 5.32 Å². The van der Waals surface area contributed by atoms with E-state index in [1.807, 2.05) is 60.7 Å². The number of carbonyl (C=O) groups is 3. The van der Waals surface area contributed by atoms with Crippen LogP contribution in [0, 0.1) is 0 Å². The first-order valence-corrected chi connectivity index (χ1v) is 11.7. The monoisotopic (exact) mass is 484 g/mol. The fourth-order valence-electron chi connectivity index (χ4n) is 3.75. The molecule has 9 nitrogen and oxygen atoms in total. The molecular formula is C26H32N2O7. The second kappa shape index (κ2) is 13.6. The van der Waals surface area contributed by atoms with Gasteiger partial charge in [0, 0.05) is 13.1 Å². The number of likely N-dealkylation sites (tertiary alicyclic amines) is 1. The Bertz CT molecular complexity index is 955. The Hall–Kier alpha value is -3.27. The molecule has 2 aromatic rings. The number of ether oxygens (including phenoxy) is 2. The Labute approximate surface area is 204 Å². The van der Waals surface area contributed by atoms with E-state index in [1.54, 1.807) is 4.90 Å². The first-order chi connectivity index (χ1) is 16.9. The van der Waals surface area contributed by atoms with E-state index in [4.69, 9.17) is 9.47 Å². The number of hydrogen-bond donors (Lipinski definition) is 3. The van der Waals surface area contributed by atoms with Crippen LogP contribution >= 0.6 is 0 Å². The Balaban J connectivity index is 1.47. The van der Waals surface area contributed by atoms with Gasteiger partial charge in [0.05, 0.1) is 0 Å². The van der Waals surface area contributed by atoms with Crippen LogP contribution in [0.1, 0.15) is 30.4 Å². The summed E-state index contributed by atoms with van der Waals surface area (Å²) in [7, 11) is 0. The first-order valence-electron chi connectivity index (χ1n) is 11.7. The maximum absolute atomic E-state index is 12.7. The van der Waals surface area contributed by atoms with Crippen molar-refractivity contribution >= 4 is 17.9 Å². The molecule has 1 aliphatic heterocycles. The summed E-state index contributed by atoms with van der Waals surface area (Å²) in [5, 5.41) is 22.4. The molecule has 0 unspecified atom stereocenters. The fourth-order valence-corrected chi connectivity index (χ4v) is 3.75. The first kappa shape index (κ1) is 26.3. The molecule has 188 valence electrons. The minimum atomic E-state index is -1.33. The van der Waals surface area contributed by atoms with Crippen LogP contribution in [0.25, 0.3) is 0 Å². The van der Waals surface area contributed by atoms with Gasteiger partial charge in [-0.25, -0.2) is 4.79 Å². The van der Waals surface area contributed by atoms with Crippen LogP contribution in [0.4, 0.5) is 0 Å². The lowest BCUT2D eigenvalue weighted by atomic mass is 10.0. The molecule has 0 amide bonds. The largest absolute Gasteiger partial charge is 0.480 e. The summed E-state index contributed by atoms with van der Waals surface area (Å²) in [6.45, 7) is 1.44. The predicted molar refractivity (Wildman–Crippen MR) is 127 cm³/mol. The fraction of sp³-hybridized carbons (Fsp3) is 0.423. The van der Waals surface area contributed by atoms with Gasteiger partial charge in [0.1, 0.15) is 25.3 Å². The van der Waals surface area contributed by atoms with Gasteiger partial charge in [-0.15, -0.1) is 0 Å². The Morgan fingerprint density at radius 2 is 1.49 bits per heavy atom. The van der Waals surface area contributed by atoms with Gasteiger partial charge >= 0.3 is 17.9 Å². The molecule has 0 aromatic heterocycles. The van der Waals surface area contributed by atoms with Crippen molar-refractivity contribution in [2.45, 2.75) is 50.7 Å². The van der Waals surface area contributed by atoms with Crippen LogP contribution in [0.3, 0.4) is 0 Å². The smallest absolute Gasteiger partial charge is 0.335 e. The summed E-state index contributed by atoms with van der Waals surface area (Å²) >= 11 is 0. The highest BCUT2D eigenvalue weighted by atomic mass is 16.5. The maximum Gasteiger partial charge on any atom is 0.335 e. The van der Waals surface area contributed by atoms with E-state index in [1.165, 1.54) is 0 Å². The second-order valence-corrected chi connectivity index (χ2v) is 8.47. The Morgan fingerprint density at radius 1 is 0.914 bits per heavy atom. The van der Waals surface area contributed by atoms with Gasteiger partial charge in [-0.1, -0.05) is 60.7 Å². The van der Waals surface area contributed by atoms with Gasteiger partial charge in [-0.3, -0.25) is 14.5 Å². The number of aliphatic hydroxyl groups is 1. The number of nitrogens with zero attached hydrogens (tertiary/aromatic N) is 1. The number of benzene rings is 2. The summed E-state index contributed by atoms with van der Waals surface area (Å²) in [6, 6.07) is 17.2. The van der Waals surface area contributed by atoms with E-state index in [0.29, 0.717) is 25.9 Å². The van der Waals surface area contributed by atoms with E-state index >= 15 is 0 Å². The van der Waals surface area contributed by atoms with E-state index in [9.17, 15) is 24.6 Å². The van der Waals surface area contributed by atoms with E-state index in [2.05, 4.69) is 5.32 Å². The van der Waals surface area contributed by atoms with Gasteiger partial charge < -0.3 is 25.0 Å². The number of carboxylic acid groups (broad SMARTS) is 1. The number of hydrogen-bond acceptors (Lipinski definition) is 8. The zero-order valence-corrected chi connectivity index (χ0v) is 19.5. The molecule has 0 radical (unpaired) electrons. The van der Waals surface area contributed by atoms with Crippen LogP contribution in [-0.2, 0) is 37.1 Å². The van der Waals surface area contributed by atoms with E-state index < -0.39 is 36.1 Å². The van der Waals surface area contributed by atoms with Gasteiger partial charge in [0.2, 0.25) is 0 Å². The summed E-state index contributed by atoms with van der Waals surface area (Å²) < 4.78 is 10.6. The lowest BCUT2D eigenvalue weighted by molar-refractivity contribution is -0.155. The van der Waals surface area contributed by atoms with Crippen molar-refractivity contribution in [3.05, 3.63) is 71.8 Å². The third kappa shape index (κ3) is 8.47. The molecule has 0 bridgehead atoms. The van der Waals surface area contributed by atoms with Crippen LogP contribution in [0.5, 0.6) is 0 Å². The minimum Gasteiger partial charge on any atom is -0.480 e. The topological polar surface area (TPSA) is 125 Å². The van der Waals surface area contributed by atoms with Crippen molar-refractivity contribution in [1.29, 1.82) is 0 Å². The molecule has 1 aliphatic rings. The van der Waals surface area contributed by atoms with Gasteiger partial charge in [-0.2, -0.15) is 0 Å². The Morgan fingerprint density at radius 3 is 2.00 bits per heavy atom. The highest BCUT2D eigenvalue weighted by Crippen LogP contribution is 2.18. The van der Waals surface area contributed by atoms with Crippen molar-refractivity contribution in [3.63, 3.8) is 0 Å². The lowest BCUT2D eigenvalue weighted by Gasteiger charge is -2.38. The number of esters is 2. The highest BCUT2D eigenvalue weighted by Gasteiger charge is 2.34. The normalized spacial score (nSPS) is 17.1. The van der Waals surface area contributed by atoms with Crippen molar-refractivity contribution in [2.24, 2.45) is 0 Å². The van der Waals surface area contributed by atoms with Gasteiger partial charge in [0.25, 0.3) is 0 Å². The highest BCUT2D eigenvalue weighted by molar-refractivity contribution is 5.76. The number of rotatable bonds is 14. The predicted octanol–water partition coefficient (Wildman–Crippen LogP) is 1.73. The van der Waals surface area contributed by atoms with Crippen LogP contribution in [0.15, 0.2) is 60.7 Å². The lowest BCUT2D eigenvalue weighted by Crippen LogP contribution is -2.54. The number of aliphatic hydroxyl groups excluding tert-OH is 1. The zero-order chi connectivity index (χ0) is 25.0.